The first-order valence-electron chi connectivity index (χ1n) is 21.0. The van der Waals surface area contributed by atoms with E-state index in [0.29, 0.717) is 12.8 Å². The van der Waals surface area contributed by atoms with Gasteiger partial charge in [0.15, 0.2) is 6.10 Å². The molecule has 0 saturated heterocycles. The Morgan fingerprint density at radius 2 is 0.982 bits per heavy atom. The topological polar surface area (TPSA) is 172 Å². The number of hydrogen-bond donors (Lipinski definition) is 3. The van der Waals surface area contributed by atoms with E-state index >= 15 is 0 Å². The van der Waals surface area contributed by atoms with Gasteiger partial charge < -0.3 is 25.2 Å². The molecule has 0 fully saturated rings. The van der Waals surface area contributed by atoms with Crippen molar-refractivity contribution in [1.82, 2.24) is 0 Å². The largest absolute Gasteiger partial charge is 0.480 e. The van der Waals surface area contributed by atoms with Crippen molar-refractivity contribution in [3.8, 4) is 0 Å². The van der Waals surface area contributed by atoms with Crippen LogP contribution in [0.2, 0.25) is 0 Å². The van der Waals surface area contributed by atoms with Gasteiger partial charge in [-0.2, -0.15) is 0 Å². The van der Waals surface area contributed by atoms with Crippen molar-refractivity contribution in [2.24, 2.45) is 5.73 Å². The van der Waals surface area contributed by atoms with E-state index in [4.69, 9.17) is 24.8 Å². The highest BCUT2D eigenvalue weighted by Gasteiger charge is 2.28. The van der Waals surface area contributed by atoms with Gasteiger partial charge in [-0.1, -0.05) is 132 Å². The number of esters is 2. The van der Waals surface area contributed by atoms with Gasteiger partial charge in [0.1, 0.15) is 12.6 Å². The summed E-state index contributed by atoms with van der Waals surface area (Å²) in [5, 5.41) is 8.88. The minimum absolute atomic E-state index is 0.108. The number of unbranched alkanes of at least 4 members (excludes halogenated alkanes) is 12. The fraction of sp³-hybridized carbons (Fsp3) is 0.659. The highest BCUT2D eigenvalue weighted by atomic mass is 31.2. The number of carbonyl (C=O) groups is 3. The van der Waals surface area contributed by atoms with Crippen LogP contribution < -0.4 is 5.73 Å². The summed E-state index contributed by atoms with van der Waals surface area (Å²) in [4.78, 5) is 45.9. The van der Waals surface area contributed by atoms with E-state index in [-0.39, 0.29) is 19.4 Å². The predicted molar refractivity (Wildman–Crippen MR) is 226 cm³/mol. The first kappa shape index (κ1) is 52.9. The average molecular weight is 808 g/mol. The molecule has 1 unspecified atom stereocenters. The number of rotatable bonds is 38. The lowest BCUT2D eigenvalue weighted by Gasteiger charge is -2.20. The van der Waals surface area contributed by atoms with E-state index in [9.17, 15) is 23.8 Å². The van der Waals surface area contributed by atoms with Gasteiger partial charge in [-0.25, -0.2) is 4.57 Å². The molecule has 0 spiro atoms. The lowest BCUT2D eigenvalue weighted by atomic mass is 10.1. The zero-order valence-corrected chi connectivity index (χ0v) is 35.3. The Kier molecular flexibility index (Phi) is 36.6. The van der Waals surface area contributed by atoms with E-state index in [1.807, 2.05) is 0 Å². The molecule has 11 nitrogen and oxygen atoms in total. The lowest BCUT2D eigenvalue weighted by molar-refractivity contribution is -0.161. The van der Waals surface area contributed by atoms with Crippen LogP contribution in [0.5, 0.6) is 0 Å². The number of allylic oxidation sites excluding steroid dienone is 12. The first-order valence-corrected chi connectivity index (χ1v) is 22.5. The van der Waals surface area contributed by atoms with Gasteiger partial charge >= 0.3 is 25.7 Å². The molecule has 56 heavy (non-hydrogen) atoms. The summed E-state index contributed by atoms with van der Waals surface area (Å²) in [6.45, 7) is 2.64. The van der Waals surface area contributed by atoms with Gasteiger partial charge in [0, 0.05) is 12.8 Å². The molecule has 0 aromatic heterocycles. The third kappa shape index (κ3) is 37.8. The molecule has 0 amide bonds. The molecule has 0 aromatic rings. The molecule has 12 heteroatoms. The van der Waals surface area contributed by atoms with Crippen LogP contribution in [0.1, 0.15) is 155 Å². The molecule has 0 saturated carbocycles. The monoisotopic (exact) mass is 808 g/mol. The number of phosphoric acid groups is 1. The van der Waals surface area contributed by atoms with Crippen LogP contribution in [0.25, 0.3) is 0 Å². The van der Waals surface area contributed by atoms with Crippen molar-refractivity contribution in [3.63, 3.8) is 0 Å². The lowest BCUT2D eigenvalue weighted by Crippen LogP contribution is -2.34. The standard InChI is InChI=1S/C44H74NO10P/c1-3-5-7-9-11-13-15-17-19-20-22-23-25-27-29-31-33-35-42(46)52-37-40(38-53-56(50,51)54-39-41(45)44(48)49)55-43(47)36-34-32-30-28-26-24-21-18-16-14-12-10-8-6-4-2/h7,9,13,15,18-21,23,25-26,28,40-41H,3-6,8,10-12,14,16-17,22,24,27,29-39,45H2,1-2H3,(H,48,49)(H,50,51)/b9-7+,15-13+,20-19+,21-18+,25-23+,28-26+/t40-,41+/m1/s1. The second-order valence-corrected chi connectivity index (χ2v) is 15.2. The number of aliphatic carboxylic acids is 1. The molecular weight excluding hydrogens is 733 g/mol. The van der Waals surface area contributed by atoms with Crippen molar-refractivity contribution in [3.05, 3.63) is 72.9 Å². The minimum Gasteiger partial charge on any atom is -0.480 e. The second kappa shape index (κ2) is 38.8. The molecule has 0 bridgehead atoms. The number of hydrogen-bond acceptors (Lipinski definition) is 9. The Balaban J connectivity index is 4.52. The molecule has 0 radical (unpaired) electrons. The van der Waals surface area contributed by atoms with Gasteiger partial charge in [0.05, 0.1) is 13.2 Å². The fourth-order valence-corrected chi connectivity index (χ4v) is 5.86. The molecule has 0 aromatic carbocycles. The van der Waals surface area contributed by atoms with E-state index in [2.05, 4.69) is 91.3 Å². The summed E-state index contributed by atoms with van der Waals surface area (Å²) in [7, 11) is -4.73. The zero-order chi connectivity index (χ0) is 41.4. The molecule has 0 aliphatic rings. The average Bonchev–Trinajstić information content (AvgIpc) is 3.17. The van der Waals surface area contributed by atoms with Crippen LogP contribution in [0.3, 0.4) is 0 Å². The van der Waals surface area contributed by atoms with E-state index in [0.717, 1.165) is 70.6 Å². The predicted octanol–water partition coefficient (Wildman–Crippen LogP) is 10.9. The van der Waals surface area contributed by atoms with Crippen LogP contribution in [0, 0.1) is 0 Å². The van der Waals surface area contributed by atoms with Crippen molar-refractivity contribution in [2.45, 2.75) is 167 Å². The maximum absolute atomic E-state index is 12.6. The van der Waals surface area contributed by atoms with Crippen LogP contribution in [-0.2, 0) is 37.5 Å². The van der Waals surface area contributed by atoms with Crippen LogP contribution in [-0.4, -0.2) is 59.9 Å². The van der Waals surface area contributed by atoms with Gasteiger partial charge in [-0.05, 0) is 83.5 Å². The number of carboxylic acid groups (broad SMARTS) is 1. The van der Waals surface area contributed by atoms with Gasteiger partial charge in [0.25, 0.3) is 0 Å². The molecule has 0 aliphatic heterocycles. The van der Waals surface area contributed by atoms with Crippen molar-refractivity contribution in [2.75, 3.05) is 19.8 Å². The quantitative estimate of drug-likeness (QED) is 0.0235. The van der Waals surface area contributed by atoms with Crippen molar-refractivity contribution in [1.29, 1.82) is 0 Å². The fourth-order valence-electron chi connectivity index (χ4n) is 5.08. The molecule has 0 rings (SSSR count). The smallest absolute Gasteiger partial charge is 0.472 e. The molecule has 0 aliphatic carbocycles. The van der Waals surface area contributed by atoms with Crippen LogP contribution in [0.15, 0.2) is 72.9 Å². The summed E-state index contributed by atoms with van der Waals surface area (Å²) < 4.78 is 32.6. The van der Waals surface area contributed by atoms with Gasteiger partial charge in [-0.3, -0.25) is 23.4 Å². The Bertz CT molecular complexity index is 1230. The first-order chi connectivity index (χ1) is 27.1. The number of carboxylic acids is 1. The Hall–Kier alpha value is -3.08. The van der Waals surface area contributed by atoms with Crippen molar-refractivity contribution >= 4 is 25.7 Å². The summed E-state index contributed by atoms with van der Waals surface area (Å²) in [6.07, 6.45) is 45.4. The second-order valence-electron chi connectivity index (χ2n) is 13.8. The highest BCUT2D eigenvalue weighted by molar-refractivity contribution is 7.47. The Morgan fingerprint density at radius 3 is 1.52 bits per heavy atom. The summed E-state index contributed by atoms with van der Waals surface area (Å²) in [5.41, 5.74) is 5.32. The summed E-state index contributed by atoms with van der Waals surface area (Å²) in [6, 6.07) is -1.53. The molecule has 0 heterocycles. The molecule has 4 N–H and O–H groups in total. The molecule has 3 atom stereocenters. The maximum atomic E-state index is 12.6. The van der Waals surface area contributed by atoms with Gasteiger partial charge in [-0.15, -0.1) is 0 Å². The molecular formula is C44H74NO10P. The molecule has 320 valence electrons. The number of carbonyl (C=O) groups excluding carboxylic acids is 2. The number of phosphoric ester groups is 1. The summed E-state index contributed by atoms with van der Waals surface area (Å²) >= 11 is 0. The van der Waals surface area contributed by atoms with E-state index in [1.165, 1.54) is 44.9 Å². The van der Waals surface area contributed by atoms with E-state index < -0.39 is 51.1 Å². The number of ether oxygens (including phenoxy) is 2. The SMILES string of the molecule is CCC/C=C/C/C=C/C/C=C/C/C=C/CCCCCC(=O)OC[C@H](COP(=O)(O)OC[C@H](N)C(=O)O)OC(=O)CCCC/C=C/C/C=C/CCCCCCCC. The van der Waals surface area contributed by atoms with Crippen LogP contribution in [0.4, 0.5) is 0 Å². The Labute approximate surface area is 338 Å². The summed E-state index contributed by atoms with van der Waals surface area (Å²) in [5.74, 6) is -2.47. The maximum Gasteiger partial charge on any atom is 0.472 e. The van der Waals surface area contributed by atoms with Gasteiger partial charge in [0.2, 0.25) is 0 Å². The normalized spacial score (nSPS) is 14.5. The van der Waals surface area contributed by atoms with Crippen molar-refractivity contribution < 1.29 is 47.5 Å². The minimum atomic E-state index is -4.73. The Morgan fingerprint density at radius 1 is 0.554 bits per heavy atom. The third-order valence-corrected chi connectivity index (χ3v) is 9.36. The van der Waals surface area contributed by atoms with Crippen LogP contribution >= 0.6 is 7.82 Å². The third-order valence-electron chi connectivity index (χ3n) is 8.41. The number of nitrogens with two attached hydrogens (primary N) is 1. The zero-order valence-electron chi connectivity index (χ0n) is 34.4. The van der Waals surface area contributed by atoms with E-state index in [1.54, 1.807) is 0 Å². The highest BCUT2D eigenvalue weighted by Crippen LogP contribution is 2.43.